The van der Waals surface area contributed by atoms with Gasteiger partial charge in [0.05, 0.1) is 18.2 Å². The summed E-state index contributed by atoms with van der Waals surface area (Å²) in [5.41, 5.74) is 3.20. The van der Waals surface area contributed by atoms with Gasteiger partial charge in [0, 0.05) is 29.5 Å². The van der Waals surface area contributed by atoms with Gasteiger partial charge in [-0.05, 0) is 35.7 Å². The number of nitriles is 1. The van der Waals surface area contributed by atoms with Crippen molar-refractivity contribution in [1.29, 1.82) is 5.26 Å². The highest BCUT2D eigenvalue weighted by Crippen LogP contribution is 2.37. The molecule has 1 amide bonds. The molecule has 2 aromatic carbocycles. The van der Waals surface area contributed by atoms with E-state index >= 15 is 0 Å². The number of carbonyl (C=O) groups is 1. The third-order valence-electron chi connectivity index (χ3n) is 5.13. The molecular weight excluding hydrogens is 453 g/mol. The zero-order chi connectivity index (χ0) is 21.1. The molecule has 0 atom stereocenters. The third kappa shape index (κ3) is 5.03. The molecule has 0 unspecified atom stereocenters. The number of benzene rings is 2. The second-order valence-corrected chi connectivity index (χ2v) is 8.61. The number of thiophene rings is 1. The van der Waals surface area contributed by atoms with Gasteiger partial charge >= 0.3 is 0 Å². The van der Waals surface area contributed by atoms with Gasteiger partial charge in [0.1, 0.15) is 16.8 Å². The number of hydrogen-bond donors (Lipinski definition) is 1. The van der Waals surface area contributed by atoms with Crippen LogP contribution in [0.4, 0.5) is 5.00 Å². The Bertz CT molecular complexity index is 1130. The summed E-state index contributed by atoms with van der Waals surface area (Å²) in [5, 5.41) is 13.7. The molecular formula is C23H21Cl2N3O2S. The topological polar surface area (TPSA) is 65.4 Å². The lowest BCUT2D eigenvalue weighted by Crippen LogP contribution is -2.29. The van der Waals surface area contributed by atoms with Crippen LogP contribution in [0.5, 0.6) is 5.75 Å². The van der Waals surface area contributed by atoms with Crippen molar-refractivity contribution in [2.45, 2.75) is 19.5 Å². The van der Waals surface area contributed by atoms with Gasteiger partial charge in [-0.1, -0.05) is 41.9 Å². The number of amides is 1. The van der Waals surface area contributed by atoms with Gasteiger partial charge in [0.15, 0.2) is 0 Å². The molecule has 2 heterocycles. The van der Waals surface area contributed by atoms with E-state index < -0.39 is 0 Å². The minimum absolute atomic E-state index is 0. The molecule has 160 valence electrons. The highest BCUT2D eigenvalue weighted by atomic mass is 35.5. The normalized spacial score (nSPS) is 12.9. The zero-order valence-electron chi connectivity index (χ0n) is 16.9. The van der Waals surface area contributed by atoms with Crippen LogP contribution in [0.2, 0.25) is 5.02 Å². The fourth-order valence-corrected chi connectivity index (χ4v) is 5.08. The van der Waals surface area contributed by atoms with E-state index in [0.29, 0.717) is 26.9 Å². The molecule has 1 N–H and O–H groups in total. The monoisotopic (exact) mass is 473 g/mol. The van der Waals surface area contributed by atoms with Gasteiger partial charge < -0.3 is 10.1 Å². The molecule has 8 heteroatoms. The second-order valence-electron chi connectivity index (χ2n) is 7.06. The summed E-state index contributed by atoms with van der Waals surface area (Å²) < 4.78 is 5.28. The molecule has 1 aliphatic rings. The summed E-state index contributed by atoms with van der Waals surface area (Å²) in [5.74, 6) is 0.0938. The van der Waals surface area contributed by atoms with Crippen LogP contribution >= 0.6 is 35.3 Å². The van der Waals surface area contributed by atoms with Crippen molar-refractivity contribution >= 4 is 46.3 Å². The molecule has 0 saturated heterocycles. The summed E-state index contributed by atoms with van der Waals surface area (Å²) in [6.45, 7) is 2.50. The summed E-state index contributed by atoms with van der Waals surface area (Å²) in [6, 6.07) is 17.5. The molecule has 3 aromatic rings. The second kappa shape index (κ2) is 10.2. The van der Waals surface area contributed by atoms with Crippen molar-refractivity contribution in [3.8, 4) is 11.8 Å². The van der Waals surface area contributed by atoms with E-state index in [9.17, 15) is 10.1 Å². The SMILES string of the molecule is COc1ccc(Cl)cc1C(=O)Nc1sc2c(c1C#N)CCN(Cc1ccccc1)C2.Cl. The Balaban J connectivity index is 0.00000272. The zero-order valence-corrected chi connectivity index (χ0v) is 19.2. The van der Waals surface area contributed by atoms with Gasteiger partial charge in [0.25, 0.3) is 5.91 Å². The minimum Gasteiger partial charge on any atom is -0.496 e. The van der Waals surface area contributed by atoms with Gasteiger partial charge in [-0.3, -0.25) is 9.69 Å². The number of carbonyl (C=O) groups excluding carboxylic acids is 1. The first-order valence-corrected chi connectivity index (χ1v) is 10.7. The predicted molar refractivity (Wildman–Crippen MR) is 126 cm³/mol. The largest absolute Gasteiger partial charge is 0.496 e. The van der Waals surface area contributed by atoms with Crippen molar-refractivity contribution in [3.63, 3.8) is 0 Å². The van der Waals surface area contributed by atoms with Gasteiger partial charge in [-0.15, -0.1) is 23.7 Å². The smallest absolute Gasteiger partial charge is 0.260 e. The van der Waals surface area contributed by atoms with Crippen molar-refractivity contribution in [3.05, 3.63) is 80.7 Å². The van der Waals surface area contributed by atoms with E-state index in [1.54, 1.807) is 18.2 Å². The van der Waals surface area contributed by atoms with E-state index in [1.807, 2.05) is 18.2 Å². The molecule has 0 bridgehead atoms. The Morgan fingerprint density at radius 3 is 2.77 bits per heavy atom. The van der Waals surface area contributed by atoms with E-state index in [2.05, 4.69) is 28.4 Å². The Morgan fingerprint density at radius 1 is 1.29 bits per heavy atom. The number of nitrogens with zero attached hydrogens (tertiary/aromatic N) is 2. The molecule has 1 aromatic heterocycles. The molecule has 0 spiro atoms. The van der Waals surface area contributed by atoms with Crippen LogP contribution < -0.4 is 10.1 Å². The average molecular weight is 474 g/mol. The maximum atomic E-state index is 12.9. The predicted octanol–water partition coefficient (Wildman–Crippen LogP) is 5.51. The molecule has 4 rings (SSSR count). The van der Waals surface area contributed by atoms with Gasteiger partial charge in [-0.25, -0.2) is 0 Å². The van der Waals surface area contributed by atoms with Gasteiger partial charge in [0.2, 0.25) is 0 Å². The Kier molecular flexibility index (Phi) is 7.58. The van der Waals surface area contributed by atoms with Crippen LogP contribution in [0.25, 0.3) is 0 Å². The number of rotatable bonds is 5. The van der Waals surface area contributed by atoms with Crippen LogP contribution in [-0.4, -0.2) is 24.5 Å². The quantitative estimate of drug-likeness (QED) is 0.529. The highest BCUT2D eigenvalue weighted by molar-refractivity contribution is 7.16. The fraction of sp³-hybridized carbons (Fsp3) is 0.217. The summed E-state index contributed by atoms with van der Waals surface area (Å²) in [6.07, 6.45) is 0.790. The lowest BCUT2D eigenvalue weighted by Gasteiger charge is -2.26. The minimum atomic E-state index is -0.342. The summed E-state index contributed by atoms with van der Waals surface area (Å²) in [7, 11) is 1.51. The van der Waals surface area contributed by atoms with Crippen LogP contribution in [0.1, 0.15) is 31.9 Å². The van der Waals surface area contributed by atoms with Crippen LogP contribution in [0, 0.1) is 11.3 Å². The number of halogens is 2. The lowest BCUT2D eigenvalue weighted by molar-refractivity contribution is 0.102. The molecule has 0 aliphatic carbocycles. The van der Waals surface area contributed by atoms with Crippen molar-refractivity contribution in [2.75, 3.05) is 19.0 Å². The van der Waals surface area contributed by atoms with Crippen molar-refractivity contribution in [2.24, 2.45) is 0 Å². The average Bonchev–Trinajstić information content (AvgIpc) is 3.10. The number of nitrogens with one attached hydrogen (secondary N) is 1. The van der Waals surface area contributed by atoms with E-state index in [-0.39, 0.29) is 18.3 Å². The molecule has 31 heavy (non-hydrogen) atoms. The summed E-state index contributed by atoms with van der Waals surface area (Å²) >= 11 is 7.53. The molecule has 0 radical (unpaired) electrons. The summed E-state index contributed by atoms with van der Waals surface area (Å²) in [4.78, 5) is 16.4. The number of ether oxygens (including phenoxy) is 1. The van der Waals surface area contributed by atoms with Crippen LogP contribution in [0.15, 0.2) is 48.5 Å². The third-order valence-corrected chi connectivity index (χ3v) is 6.50. The number of hydrogen-bond acceptors (Lipinski definition) is 5. The van der Waals surface area contributed by atoms with Crippen molar-refractivity contribution < 1.29 is 9.53 Å². The maximum Gasteiger partial charge on any atom is 0.260 e. The lowest BCUT2D eigenvalue weighted by atomic mass is 10.0. The maximum absolute atomic E-state index is 12.9. The van der Waals surface area contributed by atoms with Crippen molar-refractivity contribution in [1.82, 2.24) is 4.90 Å². The number of anilines is 1. The van der Waals surface area contributed by atoms with E-state index in [0.717, 1.165) is 36.5 Å². The number of fused-ring (bicyclic) bond motifs is 1. The first-order valence-electron chi connectivity index (χ1n) is 9.55. The van der Waals surface area contributed by atoms with Crippen LogP contribution in [-0.2, 0) is 19.5 Å². The number of methoxy groups -OCH3 is 1. The van der Waals surface area contributed by atoms with E-state index in [1.165, 1.54) is 24.0 Å². The highest BCUT2D eigenvalue weighted by Gasteiger charge is 2.26. The molecule has 0 fully saturated rings. The molecule has 1 aliphatic heterocycles. The molecule has 5 nitrogen and oxygen atoms in total. The Morgan fingerprint density at radius 2 is 2.06 bits per heavy atom. The Labute approximate surface area is 196 Å². The Hall–Kier alpha value is -2.56. The van der Waals surface area contributed by atoms with Gasteiger partial charge in [-0.2, -0.15) is 5.26 Å². The fourth-order valence-electron chi connectivity index (χ4n) is 3.67. The van der Waals surface area contributed by atoms with E-state index in [4.69, 9.17) is 16.3 Å². The molecule has 0 saturated carbocycles. The standard InChI is InChI=1S/C23H20ClN3O2S.ClH/c1-29-20-8-7-16(24)11-18(20)22(28)26-23-19(12-25)17-9-10-27(14-21(17)30-23)13-15-5-3-2-4-6-15;/h2-8,11H,9-10,13-14H2,1H3,(H,26,28);1H. The van der Waals surface area contributed by atoms with Crippen LogP contribution in [0.3, 0.4) is 0 Å². The first kappa shape index (κ1) is 23.1. The first-order chi connectivity index (χ1) is 14.6.